The number of esters is 1. The van der Waals surface area contributed by atoms with Gasteiger partial charge >= 0.3 is 12.1 Å². The van der Waals surface area contributed by atoms with Crippen molar-refractivity contribution in [2.24, 2.45) is 5.73 Å². The van der Waals surface area contributed by atoms with Gasteiger partial charge in [0.25, 0.3) is 0 Å². The number of unbranched alkanes of at least 4 members (excludes halogenated alkanes) is 2. The molecule has 0 aliphatic carbocycles. The third-order valence-corrected chi connectivity index (χ3v) is 5.43. The van der Waals surface area contributed by atoms with Gasteiger partial charge in [0.1, 0.15) is 24.2 Å². The summed E-state index contributed by atoms with van der Waals surface area (Å²) in [5.41, 5.74) is 6.81. The van der Waals surface area contributed by atoms with Crippen LogP contribution in [-0.2, 0) is 28.7 Å². The van der Waals surface area contributed by atoms with Crippen LogP contribution in [0.2, 0.25) is 0 Å². The number of ether oxygens (including phenoxy) is 2. The fourth-order valence-corrected chi connectivity index (χ4v) is 3.92. The minimum absolute atomic E-state index is 0.154. The van der Waals surface area contributed by atoms with Crippen molar-refractivity contribution >= 4 is 29.8 Å². The van der Waals surface area contributed by atoms with Crippen molar-refractivity contribution in [1.82, 2.24) is 15.5 Å². The summed E-state index contributed by atoms with van der Waals surface area (Å²) in [6.45, 7) is 10.5. The summed E-state index contributed by atoms with van der Waals surface area (Å²) < 4.78 is 9.91. The number of nitrogens with zero attached hydrogens (tertiary/aromatic N) is 1. The number of nitrogens with one attached hydrogen (secondary N) is 2. The molecule has 1 rings (SSSR count). The Labute approximate surface area is 224 Å². The standard InChI is InChI=1S/C27H42N4O7/c1-8-9-10-11-31(25(35)20(15-21(28)32)30-26(36)38-27(4,5)6)23(24(34)29-16-22(33)37-7)19-13-17(2)12-18(3)14-19/h12-14,20,23H,8-11,15-16H2,1-7H3,(H2,28,32)(H,29,34)(H,30,36). The zero-order valence-corrected chi connectivity index (χ0v) is 23.5. The van der Waals surface area contributed by atoms with Crippen LogP contribution in [0.25, 0.3) is 0 Å². The largest absolute Gasteiger partial charge is 0.468 e. The molecule has 0 aromatic heterocycles. The van der Waals surface area contributed by atoms with Gasteiger partial charge in [0, 0.05) is 6.54 Å². The number of aryl methyl sites for hydroxylation is 2. The molecule has 38 heavy (non-hydrogen) atoms. The van der Waals surface area contributed by atoms with Gasteiger partial charge in [0.2, 0.25) is 17.7 Å². The first kappa shape index (κ1) is 32.4. The van der Waals surface area contributed by atoms with E-state index >= 15 is 0 Å². The van der Waals surface area contributed by atoms with Crippen molar-refractivity contribution in [3.05, 3.63) is 34.9 Å². The topological polar surface area (TPSA) is 157 Å². The SMILES string of the molecule is CCCCCN(C(=O)C(CC(N)=O)NC(=O)OC(C)(C)C)C(C(=O)NCC(=O)OC)c1cc(C)cc(C)c1. The summed E-state index contributed by atoms with van der Waals surface area (Å²) in [5, 5.41) is 4.98. The highest BCUT2D eigenvalue weighted by molar-refractivity contribution is 5.95. The van der Waals surface area contributed by atoms with E-state index in [1.807, 2.05) is 26.8 Å². The summed E-state index contributed by atoms with van der Waals surface area (Å²) in [6, 6.07) is 2.96. The molecule has 4 amide bonds. The lowest BCUT2D eigenvalue weighted by Crippen LogP contribution is -2.54. The van der Waals surface area contributed by atoms with E-state index < -0.39 is 60.4 Å². The van der Waals surface area contributed by atoms with E-state index in [4.69, 9.17) is 10.5 Å². The number of hydrogen-bond donors (Lipinski definition) is 3. The molecule has 11 heteroatoms. The zero-order valence-electron chi connectivity index (χ0n) is 23.5. The van der Waals surface area contributed by atoms with Crippen LogP contribution >= 0.6 is 0 Å². The molecule has 4 N–H and O–H groups in total. The lowest BCUT2D eigenvalue weighted by Gasteiger charge is -2.34. The number of amides is 4. The maximum absolute atomic E-state index is 13.9. The number of benzene rings is 1. The molecule has 11 nitrogen and oxygen atoms in total. The summed E-state index contributed by atoms with van der Waals surface area (Å²) in [5.74, 6) is -2.76. The predicted molar refractivity (Wildman–Crippen MR) is 142 cm³/mol. The molecule has 0 fully saturated rings. The Morgan fingerprint density at radius 2 is 1.63 bits per heavy atom. The minimum atomic E-state index is -1.37. The monoisotopic (exact) mass is 534 g/mol. The maximum atomic E-state index is 13.9. The molecular weight excluding hydrogens is 492 g/mol. The van der Waals surface area contributed by atoms with Gasteiger partial charge in [0.05, 0.1) is 13.5 Å². The normalized spacial score (nSPS) is 12.6. The van der Waals surface area contributed by atoms with Gasteiger partial charge in [-0.05, 0) is 46.6 Å². The molecule has 0 spiro atoms. The van der Waals surface area contributed by atoms with Gasteiger partial charge in [0.15, 0.2) is 0 Å². The van der Waals surface area contributed by atoms with Gasteiger partial charge in [-0.2, -0.15) is 0 Å². The number of methoxy groups -OCH3 is 1. The van der Waals surface area contributed by atoms with Crippen LogP contribution in [-0.4, -0.2) is 66.5 Å². The lowest BCUT2D eigenvalue weighted by atomic mass is 9.97. The third-order valence-electron chi connectivity index (χ3n) is 5.43. The minimum Gasteiger partial charge on any atom is -0.468 e. The van der Waals surface area contributed by atoms with Crippen molar-refractivity contribution in [3.8, 4) is 0 Å². The molecule has 0 saturated heterocycles. The van der Waals surface area contributed by atoms with Crippen molar-refractivity contribution < 1.29 is 33.4 Å². The number of primary amides is 1. The molecule has 1 aromatic carbocycles. The molecule has 0 aliphatic rings. The van der Waals surface area contributed by atoms with E-state index in [0.717, 1.165) is 24.0 Å². The van der Waals surface area contributed by atoms with Crippen LogP contribution in [0.3, 0.4) is 0 Å². The van der Waals surface area contributed by atoms with E-state index in [9.17, 15) is 24.0 Å². The first-order valence-corrected chi connectivity index (χ1v) is 12.7. The van der Waals surface area contributed by atoms with Crippen LogP contribution in [0.1, 0.15) is 76.1 Å². The number of rotatable bonds is 13. The predicted octanol–water partition coefficient (Wildman–Crippen LogP) is 2.42. The van der Waals surface area contributed by atoms with Gasteiger partial charge in [-0.1, -0.05) is 49.1 Å². The number of hydrogen-bond acceptors (Lipinski definition) is 7. The fourth-order valence-electron chi connectivity index (χ4n) is 3.92. The molecule has 2 atom stereocenters. The van der Waals surface area contributed by atoms with Crippen molar-refractivity contribution in [3.63, 3.8) is 0 Å². The lowest BCUT2D eigenvalue weighted by molar-refractivity contribution is -0.145. The second-order valence-electron chi connectivity index (χ2n) is 10.2. The van der Waals surface area contributed by atoms with Crippen LogP contribution in [0, 0.1) is 13.8 Å². The number of nitrogens with two attached hydrogens (primary N) is 1. The Balaban J connectivity index is 3.56. The highest BCUT2D eigenvalue weighted by atomic mass is 16.6. The van der Waals surface area contributed by atoms with Gasteiger partial charge < -0.3 is 30.7 Å². The molecule has 0 saturated carbocycles. The highest BCUT2D eigenvalue weighted by Gasteiger charge is 2.37. The van der Waals surface area contributed by atoms with Crippen LogP contribution in [0.15, 0.2) is 18.2 Å². The summed E-state index contributed by atoms with van der Waals surface area (Å²) in [6.07, 6.45) is 0.789. The number of carbonyl (C=O) groups excluding carboxylic acids is 5. The average Bonchev–Trinajstić information content (AvgIpc) is 2.78. The van der Waals surface area contributed by atoms with Gasteiger partial charge in [-0.15, -0.1) is 0 Å². The second kappa shape index (κ2) is 14.9. The Bertz CT molecular complexity index is 983. The van der Waals surface area contributed by atoms with Crippen LogP contribution in [0.5, 0.6) is 0 Å². The molecule has 2 unspecified atom stereocenters. The van der Waals surface area contributed by atoms with Crippen LogP contribution < -0.4 is 16.4 Å². The van der Waals surface area contributed by atoms with E-state index in [-0.39, 0.29) is 6.54 Å². The summed E-state index contributed by atoms with van der Waals surface area (Å²) >= 11 is 0. The van der Waals surface area contributed by atoms with E-state index in [0.29, 0.717) is 12.0 Å². The average molecular weight is 535 g/mol. The van der Waals surface area contributed by atoms with E-state index in [1.165, 1.54) is 12.0 Å². The van der Waals surface area contributed by atoms with Crippen molar-refractivity contribution in [1.29, 1.82) is 0 Å². The van der Waals surface area contributed by atoms with Crippen LogP contribution in [0.4, 0.5) is 4.79 Å². The first-order valence-electron chi connectivity index (χ1n) is 12.7. The Morgan fingerprint density at radius 3 is 2.13 bits per heavy atom. The molecule has 0 radical (unpaired) electrons. The molecule has 0 bridgehead atoms. The van der Waals surface area contributed by atoms with Crippen molar-refractivity contribution in [2.75, 3.05) is 20.2 Å². The number of carbonyl (C=O) groups is 5. The van der Waals surface area contributed by atoms with Gasteiger partial charge in [-0.25, -0.2) is 4.79 Å². The number of alkyl carbamates (subject to hydrolysis) is 1. The fraction of sp³-hybridized carbons (Fsp3) is 0.593. The Kier molecular flexibility index (Phi) is 12.7. The smallest absolute Gasteiger partial charge is 0.408 e. The Hall–Kier alpha value is -3.63. The molecule has 0 heterocycles. The van der Waals surface area contributed by atoms with Gasteiger partial charge in [-0.3, -0.25) is 19.2 Å². The quantitative estimate of drug-likeness (QED) is 0.259. The zero-order chi connectivity index (χ0) is 29.0. The van der Waals surface area contributed by atoms with E-state index in [1.54, 1.807) is 32.9 Å². The maximum Gasteiger partial charge on any atom is 0.408 e. The highest BCUT2D eigenvalue weighted by Crippen LogP contribution is 2.26. The second-order valence-corrected chi connectivity index (χ2v) is 10.2. The summed E-state index contributed by atoms with van der Waals surface area (Å²) in [7, 11) is 1.20. The molecule has 0 aliphatic heterocycles. The summed E-state index contributed by atoms with van der Waals surface area (Å²) in [4.78, 5) is 64.9. The first-order chi connectivity index (χ1) is 17.7. The van der Waals surface area contributed by atoms with Crippen molar-refractivity contribution in [2.45, 2.75) is 84.9 Å². The molecule has 212 valence electrons. The van der Waals surface area contributed by atoms with E-state index in [2.05, 4.69) is 15.4 Å². The molecule has 1 aromatic rings. The third kappa shape index (κ3) is 11.2. The Morgan fingerprint density at radius 1 is 1.03 bits per heavy atom. The molecular formula is C27H42N4O7.